The molecule has 0 unspecified atom stereocenters. The predicted molar refractivity (Wildman–Crippen MR) is 38.9 cm³/mol. The molecule has 9 heavy (non-hydrogen) atoms. The van der Waals surface area contributed by atoms with Crippen LogP contribution in [0.5, 0.6) is 0 Å². The average Bonchev–Trinajstić information content (AvgIpc) is 1.64. The third-order valence-corrected chi connectivity index (χ3v) is 1.99. The number of aliphatic hydroxyl groups is 1. The lowest BCUT2D eigenvalue weighted by molar-refractivity contribution is -0.00735. The maximum absolute atomic E-state index is 9.43. The molecule has 0 saturated carbocycles. The lowest BCUT2D eigenvalue weighted by atomic mass is 9.78. The summed E-state index contributed by atoms with van der Waals surface area (Å²) in [6.07, 6.45) is 1.52. The largest absolute Gasteiger partial charge is 0.390 e. The van der Waals surface area contributed by atoms with Gasteiger partial charge in [0, 0.05) is 5.41 Å². The summed E-state index contributed by atoms with van der Waals surface area (Å²) in [5, 5.41) is 9.43. The summed E-state index contributed by atoms with van der Waals surface area (Å²) in [7, 11) is 0. The second-order valence-electron chi connectivity index (χ2n) is 3.45. The Kier molecular flexibility index (Phi) is 2.07. The first kappa shape index (κ1) is 8.70. The van der Waals surface area contributed by atoms with E-state index in [1.54, 1.807) is 13.8 Å². The molecular weight excluding hydrogens is 112 g/mol. The van der Waals surface area contributed by atoms with Gasteiger partial charge in [0.15, 0.2) is 0 Å². The van der Waals surface area contributed by atoms with E-state index in [1.807, 2.05) is 13.8 Å². The Morgan fingerprint density at radius 2 is 1.56 bits per heavy atom. The van der Waals surface area contributed by atoms with Gasteiger partial charge in [-0.15, -0.1) is 0 Å². The van der Waals surface area contributed by atoms with Crippen LogP contribution in [-0.2, 0) is 0 Å². The van der Waals surface area contributed by atoms with Crippen molar-refractivity contribution in [2.24, 2.45) is 5.41 Å². The molecule has 1 nitrogen and oxygen atoms in total. The van der Waals surface area contributed by atoms with Crippen molar-refractivity contribution in [3.63, 3.8) is 0 Å². The van der Waals surface area contributed by atoms with Crippen LogP contribution in [-0.4, -0.2) is 10.7 Å². The van der Waals surface area contributed by atoms with E-state index < -0.39 is 5.60 Å². The Hall–Kier alpha value is -0.300. The minimum Gasteiger partial charge on any atom is -0.390 e. The Morgan fingerprint density at radius 3 is 1.56 bits per heavy atom. The third-order valence-electron chi connectivity index (χ3n) is 1.99. The van der Waals surface area contributed by atoms with Crippen LogP contribution in [0.1, 0.15) is 27.7 Å². The van der Waals surface area contributed by atoms with E-state index >= 15 is 0 Å². The molecule has 0 aliphatic heterocycles. The highest BCUT2D eigenvalue weighted by atomic mass is 16.3. The molecule has 0 rings (SSSR count). The highest BCUT2D eigenvalue weighted by Gasteiger charge is 2.31. The summed E-state index contributed by atoms with van der Waals surface area (Å²) in [5.74, 6) is 0. The monoisotopic (exact) mass is 127 g/mol. The highest BCUT2D eigenvalue weighted by Crippen LogP contribution is 2.30. The first-order chi connectivity index (χ1) is 3.81. The summed E-state index contributed by atoms with van der Waals surface area (Å²) < 4.78 is 0. The normalized spacial score (nSPS) is 13.4. The Bertz CT molecular complexity index is 106. The molecule has 0 aliphatic carbocycles. The molecule has 1 N–H and O–H groups in total. The van der Waals surface area contributed by atoms with Gasteiger partial charge >= 0.3 is 0 Å². The fourth-order valence-corrected chi connectivity index (χ4v) is 0.204. The topological polar surface area (TPSA) is 20.2 Å². The molecule has 0 heterocycles. The molecule has 0 amide bonds. The predicted octanol–water partition coefficient (Wildman–Crippen LogP) is 1.77. The SMILES string of the molecule is [CH]=CC(C)(C)C(C)(C)O. The standard InChI is InChI=1S/C8H15O/c1-6-7(2,3)8(4,5)9/h1,6,9H,2-5H3. The molecule has 1 heteroatoms. The van der Waals surface area contributed by atoms with Gasteiger partial charge in [0.1, 0.15) is 0 Å². The molecule has 53 valence electrons. The van der Waals surface area contributed by atoms with Crippen molar-refractivity contribution in [3.05, 3.63) is 12.7 Å². The smallest absolute Gasteiger partial charge is 0.0676 e. The first-order valence-electron chi connectivity index (χ1n) is 3.10. The highest BCUT2D eigenvalue weighted by molar-refractivity contribution is 4.97. The van der Waals surface area contributed by atoms with Gasteiger partial charge in [0.25, 0.3) is 0 Å². The fourth-order valence-electron chi connectivity index (χ4n) is 0.204. The first-order valence-corrected chi connectivity index (χ1v) is 3.10. The van der Waals surface area contributed by atoms with E-state index in [1.165, 1.54) is 6.08 Å². The van der Waals surface area contributed by atoms with Crippen LogP contribution in [0.15, 0.2) is 6.08 Å². The summed E-state index contributed by atoms with van der Waals surface area (Å²) in [4.78, 5) is 0. The van der Waals surface area contributed by atoms with Crippen LogP contribution in [0, 0.1) is 12.0 Å². The van der Waals surface area contributed by atoms with Crippen LogP contribution in [0.25, 0.3) is 0 Å². The Balaban J connectivity index is 4.32. The number of hydrogen-bond acceptors (Lipinski definition) is 1. The molecule has 0 aromatic rings. The zero-order valence-corrected chi connectivity index (χ0v) is 6.60. The maximum atomic E-state index is 9.43. The molecule has 0 fully saturated rings. The van der Waals surface area contributed by atoms with E-state index in [9.17, 15) is 5.11 Å². The summed E-state index contributed by atoms with van der Waals surface area (Å²) in [6.45, 7) is 12.6. The molecule has 1 radical (unpaired) electrons. The molecule has 0 bridgehead atoms. The quantitative estimate of drug-likeness (QED) is 0.599. The van der Waals surface area contributed by atoms with Gasteiger partial charge < -0.3 is 5.11 Å². The van der Waals surface area contributed by atoms with Crippen molar-refractivity contribution in [2.75, 3.05) is 0 Å². The molecule has 0 aromatic carbocycles. The van der Waals surface area contributed by atoms with Crippen molar-refractivity contribution >= 4 is 0 Å². The second kappa shape index (κ2) is 2.14. The zero-order valence-electron chi connectivity index (χ0n) is 6.60. The molecule has 0 atom stereocenters. The summed E-state index contributed by atoms with van der Waals surface area (Å²) >= 11 is 0. The van der Waals surface area contributed by atoms with Crippen molar-refractivity contribution in [3.8, 4) is 0 Å². The fraction of sp³-hybridized carbons (Fsp3) is 0.750. The average molecular weight is 127 g/mol. The zero-order chi connectivity index (χ0) is 7.71. The molecule has 0 saturated heterocycles. The molecule has 0 spiro atoms. The van der Waals surface area contributed by atoms with E-state index in [-0.39, 0.29) is 5.41 Å². The van der Waals surface area contributed by atoms with Crippen LogP contribution in [0.3, 0.4) is 0 Å². The van der Waals surface area contributed by atoms with Gasteiger partial charge in [-0.1, -0.05) is 26.5 Å². The van der Waals surface area contributed by atoms with Crippen molar-refractivity contribution in [2.45, 2.75) is 33.3 Å². The van der Waals surface area contributed by atoms with Crippen LogP contribution in [0.4, 0.5) is 0 Å². The maximum Gasteiger partial charge on any atom is 0.0676 e. The lowest BCUT2D eigenvalue weighted by Crippen LogP contribution is -2.36. The van der Waals surface area contributed by atoms with Crippen molar-refractivity contribution in [1.29, 1.82) is 0 Å². The lowest BCUT2D eigenvalue weighted by Gasteiger charge is -2.33. The minimum atomic E-state index is -0.734. The van der Waals surface area contributed by atoms with Crippen LogP contribution < -0.4 is 0 Å². The Labute approximate surface area is 57.4 Å². The van der Waals surface area contributed by atoms with Gasteiger partial charge in [-0.05, 0) is 13.8 Å². The van der Waals surface area contributed by atoms with E-state index in [4.69, 9.17) is 6.58 Å². The minimum absolute atomic E-state index is 0.312. The second-order valence-corrected chi connectivity index (χ2v) is 3.45. The molecule has 0 aliphatic rings. The number of rotatable bonds is 2. The van der Waals surface area contributed by atoms with Crippen molar-refractivity contribution in [1.82, 2.24) is 0 Å². The van der Waals surface area contributed by atoms with Gasteiger partial charge in [-0.3, -0.25) is 0 Å². The molecular formula is C8H15O. The third kappa shape index (κ3) is 1.83. The summed E-state index contributed by atoms with van der Waals surface area (Å²) in [6, 6.07) is 0. The van der Waals surface area contributed by atoms with Crippen molar-refractivity contribution < 1.29 is 5.11 Å². The molecule has 0 aromatic heterocycles. The Morgan fingerprint density at radius 1 is 1.22 bits per heavy atom. The van der Waals surface area contributed by atoms with Gasteiger partial charge in [0.05, 0.1) is 5.60 Å². The summed E-state index contributed by atoms with van der Waals surface area (Å²) in [5.41, 5.74) is -1.05. The van der Waals surface area contributed by atoms with E-state index in [2.05, 4.69) is 0 Å². The van der Waals surface area contributed by atoms with Crippen LogP contribution in [0.2, 0.25) is 0 Å². The van der Waals surface area contributed by atoms with Gasteiger partial charge in [-0.2, -0.15) is 0 Å². The van der Waals surface area contributed by atoms with E-state index in [0.717, 1.165) is 0 Å². The van der Waals surface area contributed by atoms with Gasteiger partial charge in [0.2, 0.25) is 0 Å². The van der Waals surface area contributed by atoms with Gasteiger partial charge in [-0.25, -0.2) is 0 Å². The van der Waals surface area contributed by atoms with E-state index in [0.29, 0.717) is 0 Å². The van der Waals surface area contributed by atoms with Crippen LogP contribution >= 0.6 is 0 Å². The number of hydrogen-bond donors (Lipinski definition) is 1.